The standard InChI is InChI=1S/C15H18N6O4/c1-3-17-14(22)9-20-7-6-13(19-20)18-15(23)11-8-10(21(24)25)4-5-12(11)16-2/h4-8,16H,3,9H2,1-2H3,(H,17,22)(H,18,19,23). The summed E-state index contributed by atoms with van der Waals surface area (Å²) in [6.45, 7) is 2.36. The molecule has 0 bridgehead atoms. The molecule has 3 N–H and O–H groups in total. The van der Waals surface area contributed by atoms with E-state index in [4.69, 9.17) is 0 Å². The van der Waals surface area contributed by atoms with Gasteiger partial charge >= 0.3 is 0 Å². The van der Waals surface area contributed by atoms with Crippen LogP contribution in [-0.2, 0) is 11.3 Å². The molecule has 10 heteroatoms. The number of hydrogen-bond acceptors (Lipinski definition) is 6. The molecule has 1 aromatic heterocycles. The van der Waals surface area contributed by atoms with Crippen LogP contribution in [0.1, 0.15) is 17.3 Å². The highest BCUT2D eigenvalue weighted by Gasteiger charge is 2.17. The van der Waals surface area contributed by atoms with Crippen LogP contribution in [0.5, 0.6) is 0 Å². The van der Waals surface area contributed by atoms with Gasteiger partial charge in [-0.2, -0.15) is 5.10 Å². The Bertz CT molecular complexity index is 801. The fraction of sp³-hybridized carbons (Fsp3) is 0.267. The number of rotatable bonds is 7. The maximum atomic E-state index is 12.4. The Balaban J connectivity index is 2.14. The zero-order valence-electron chi connectivity index (χ0n) is 13.8. The van der Waals surface area contributed by atoms with Crippen LogP contribution in [0, 0.1) is 10.1 Å². The first kappa shape index (κ1) is 17.9. The third-order valence-electron chi connectivity index (χ3n) is 3.29. The highest BCUT2D eigenvalue weighted by molar-refractivity contribution is 6.08. The minimum Gasteiger partial charge on any atom is -0.387 e. The normalized spacial score (nSPS) is 10.2. The van der Waals surface area contributed by atoms with Crippen LogP contribution >= 0.6 is 0 Å². The van der Waals surface area contributed by atoms with Gasteiger partial charge < -0.3 is 16.0 Å². The zero-order valence-corrected chi connectivity index (χ0v) is 13.8. The van der Waals surface area contributed by atoms with E-state index in [1.54, 1.807) is 13.2 Å². The van der Waals surface area contributed by atoms with Crippen molar-refractivity contribution in [3.8, 4) is 0 Å². The number of benzene rings is 1. The Labute approximate surface area is 143 Å². The lowest BCUT2D eigenvalue weighted by Crippen LogP contribution is -2.27. The molecule has 0 radical (unpaired) electrons. The van der Waals surface area contributed by atoms with E-state index in [1.165, 1.54) is 28.9 Å². The molecule has 0 saturated heterocycles. The van der Waals surface area contributed by atoms with Gasteiger partial charge in [-0.15, -0.1) is 0 Å². The summed E-state index contributed by atoms with van der Waals surface area (Å²) >= 11 is 0. The first-order chi connectivity index (χ1) is 11.9. The Hall–Kier alpha value is -3.43. The minimum atomic E-state index is -0.572. The van der Waals surface area contributed by atoms with Crippen molar-refractivity contribution in [1.29, 1.82) is 0 Å². The Morgan fingerprint density at radius 1 is 1.32 bits per heavy atom. The van der Waals surface area contributed by atoms with Crippen molar-refractivity contribution in [3.63, 3.8) is 0 Å². The largest absolute Gasteiger partial charge is 0.387 e. The van der Waals surface area contributed by atoms with Crippen LogP contribution in [0.15, 0.2) is 30.5 Å². The molecule has 0 aliphatic rings. The van der Waals surface area contributed by atoms with E-state index in [1.807, 2.05) is 6.92 Å². The Kier molecular flexibility index (Phi) is 5.66. The second kappa shape index (κ2) is 7.90. The van der Waals surface area contributed by atoms with Crippen molar-refractivity contribution in [2.24, 2.45) is 0 Å². The highest BCUT2D eigenvalue weighted by atomic mass is 16.6. The molecule has 2 rings (SSSR count). The number of non-ortho nitro benzene ring substituents is 1. The summed E-state index contributed by atoms with van der Waals surface area (Å²) in [5.74, 6) is -0.501. The van der Waals surface area contributed by atoms with Crippen molar-refractivity contribution in [3.05, 3.63) is 46.1 Å². The number of aromatic nitrogens is 2. The van der Waals surface area contributed by atoms with Crippen molar-refractivity contribution in [1.82, 2.24) is 15.1 Å². The molecular formula is C15H18N6O4. The van der Waals surface area contributed by atoms with Crippen LogP contribution in [0.25, 0.3) is 0 Å². The number of amides is 2. The molecule has 1 aromatic carbocycles. The number of carbonyl (C=O) groups excluding carboxylic acids is 2. The number of nitro groups is 1. The van der Waals surface area contributed by atoms with Gasteiger partial charge in [0.05, 0.1) is 10.5 Å². The molecule has 2 amide bonds. The average molecular weight is 346 g/mol. The third kappa shape index (κ3) is 4.53. The maximum Gasteiger partial charge on any atom is 0.270 e. The molecule has 25 heavy (non-hydrogen) atoms. The zero-order chi connectivity index (χ0) is 18.4. The summed E-state index contributed by atoms with van der Waals surface area (Å²) in [5, 5.41) is 23.0. The van der Waals surface area contributed by atoms with E-state index >= 15 is 0 Å². The second-order valence-corrected chi connectivity index (χ2v) is 5.04. The first-order valence-corrected chi connectivity index (χ1v) is 7.52. The SMILES string of the molecule is CCNC(=O)Cn1ccc(NC(=O)c2cc([N+](=O)[O-])ccc2NC)n1. The monoisotopic (exact) mass is 346 g/mol. The van der Waals surface area contributed by atoms with Crippen LogP contribution in [0.2, 0.25) is 0 Å². The summed E-state index contributed by atoms with van der Waals surface area (Å²) < 4.78 is 1.38. The number of carbonyl (C=O) groups is 2. The Morgan fingerprint density at radius 3 is 2.72 bits per heavy atom. The number of nitro benzene ring substituents is 1. The third-order valence-corrected chi connectivity index (χ3v) is 3.29. The molecule has 10 nitrogen and oxygen atoms in total. The average Bonchev–Trinajstić information content (AvgIpc) is 3.01. The number of nitrogens with one attached hydrogen (secondary N) is 3. The molecular weight excluding hydrogens is 328 g/mol. The lowest BCUT2D eigenvalue weighted by molar-refractivity contribution is -0.384. The summed E-state index contributed by atoms with van der Waals surface area (Å²) in [6, 6.07) is 5.49. The predicted molar refractivity (Wildman–Crippen MR) is 91.5 cm³/mol. The fourth-order valence-corrected chi connectivity index (χ4v) is 2.15. The van der Waals surface area contributed by atoms with Crippen LogP contribution in [-0.4, -0.2) is 40.1 Å². The molecule has 0 fully saturated rings. The quantitative estimate of drug-likeness (QED) is 0.510. The van der Waals surface area contributed by atoms with Crippen LogP contribution in [0.3, 0.4) is 0 Å². The molecule has 0 aliphatic heterocycles. The van der Waals surface area contributed by atoms with E-state index in [2.05, 4.69) is 21.0 Å². The van der Waals surface area contributed by atoms with Crippen molar-refractivity contribution in [2.75, 3.05) is 24.2 Å². The van der Waals surface area contributed by atoms with E-state index in [9.17, 15) is 19.7 Å². The summed E-state index contributed by atoms with van der Waals surface area (Å²) in [6.07, 6.45) is 1.55. The molecule has 0 unspecified atom stereocenters. The molecule has 132 valence electrons. The van der Waals surface area contributed by atoms with E-state index in [0.29, 0.717) is 12.2 Å². The minimum absolute atomic E-state index is 0.0300. The smallest absolute Gasteiger partial charge is 0.270 e. The maximum absolute atomic E-state index is 12.4. The molecule has 0 aliphatic carbocycles. The van der Waals surface area contributed by atoms with Gasteiger partial charge in [-0.05, 0) is 13.0 Å². The lowest BCUT2D eigenvalue weighted by Gasteiger charge is -2.08. The molecule has 0 spiro atoms. The van der Waals surface area contributed by atoms with Crippen LogP contribution in [0.4, 0.5) is 17.2 Å². The predicted octanol–water partition coefficient (Wildman–Crippen LogP) is 1.22. The second-order valence-electron chi connectivity index (χ2n) is 5.04. The molecule has 1 heterocycles. The van der Waals surface area contributed by atoms with Crippen molar-refractivity contribution < 1.29 is 14.5 Å². The van der Waals surface area contributed by atoms with Crippen molar-refractivity contribution in [2.45, 2.75) is 13.5 Å². The fourth-order valence-electron chi connectivity index (χ4n) is 2.15. The summed E-state index contributed by atoms with van der Waals surface area (Å²) in [4.78, 5) is 34.2. The van der Waals surface area contributed by atoms with Crippen LogP contribution < -0.4 is 16.0 Å². The number of hydrogen-bond donors (Lipinski definition) is 3. The molecule has 2 aromatic rings. The van der Waals surface area contributed by atoms with E-state index in [-0.39, 0.29) is 29.5 Å². The number of nitrogens with zero attached hydrogens (tertiary/aromatic N) is 3. The van der Waals surface area contributed by atoms with Gasteiger partial charge in [-0.3, -0.25) is 24.4 Å². The lowest BCUT2D eigenvalue weighted by atomic mass is 10.1. The van der Waals surface area contributed by atoms with Crippen molar-refractivity contribution >= 4 is 29.0 Å². The topological polar surface area (TPSA) is 131 Å². The van der Waals surface area contributed by atoms with Gasteiger partial charge in [0.15, 0.2) is 5.82 Å². The molecule has 0 atom stereocenters. The first-order valence-electron chi connectivity index (χ1n) is 7.52. The van der Waals surface area contributed by atoms with Gasteiger partial charge in [-0.1, -0.05) is 0 Å². The van der Waals surface area contributed by atoms with Gasteiger partial charge in [0, 0.05) is 43.7 Å². The van der Waals surface area contributed by atoms with E-state index in [0.717, 1.165) is 0 Å². The Morgan fingerprint density at radius 2 is 2.08 bits per heavy atom. The van der Waals surface area contributed by atoms with E-state index < -0.39 is 10.8 Å². The summed E-state index contributed by atoms with van der Waals surface area (Å²) in [7, 11) is 1.61. The molecule has 0 saturated carbocycles. The number of anilines is 2. The summed E-state index contributed by atoms with van der Waals surface area (Å²) in [5.41, 5.74) is 0.380. The van der Waals surface area contributed by atoms with Gasteiger partial charge in [0.25, 0.3) is 11.6 Å². The highest BCUT2D eigenvalue weighted by Crippen LogP contribution is 2.22. The van der Waals surface area contributed by atoms with Gasteiger partial charge in [-0.25, -0.2) is 0 Å². The number of likely N-dealkylation sites (N-methyl/N-ethyl adjacent to an activating group) is 1. The van der Waals surface area contributed by atoms with Gasteiger partial charge in [0.2, 0.25) is 5.91 Å². The van der Waals surface area contributed by atoms with Gasteiger partial charge in [0.1, 0.15) is 6.54 Å².